The van der Waals surface area contributed by atoms with E-state index in [4.69, 9.17) is 0 Å². The first-order chi connectivity index (χ1) is 8.88. The van der Waals surface area contributed by atoms with Crippen LogP contribution in [0.2, 0.25) is 0 Å². The molecule has 2 nitrogen and oxygen atoms in total. The van der Waals surface area contributed by atoms with Gasteiger partial charge in [0.1, 0.15) is 0 Å². The Labute approximate surface area is 111 Å². The van der Waals surface area contributed by atoms with Gasteiger partial charge in [0.15, 0.2) is 0 Å². The Morgan fingerprint density at radius 1 is 1.22 bits per heavy atom. The smallest absolute Gasteiger partial charge is 0.00884 e. The molecular weight excluding hydrogens is 220 g/mol. The molecule has 0 aliphatic carbocycles. The Bertz CT molecular complexity index is 351. The second kappa shape index (κ2) is 7.34. The highest BCUT2D eigenvalue weighted by Crippen LogP contribution is 2.10. The number of rotatable bonds is 5. The van der Waals surface area contributed by atoms with Crippen LogP contribution in [0.1, 0.15) is 24.8 Å². The van der Waals surface area contributed by atoms with Crippen molar-refractivity contribution in [2.45, 2.75) is 25.3 Å². The van der Waals surface area contributed by atoms with Gasteiger partial charge < -0.3 is 10.2 Å². The molecule has 2 rings (SSSR count). The molecule has 0 atom stereocenters. The van der Waals surface area contributed by atoms with Gasteiger partial charge in [-0.15, -0.1) is 0 Å². The molecule has 1 aromatic carbocycles. The third-order valence-corrected chi connectivity index (χ3v) is 3.72. The summed E-state index contributed by atoms with van der Waals surface area (Å²) in [6.07, 6.45) is 8.25. The van der Waals surface area contributed by atoms with Gasteiger partial charge in [0.2, 0.25) is 0 Å². The molecule has 1 aliphatic heterocycles. The quantitative estimate of drug-likeness (QED) is 0.857. The topological polar surface area (TPSA) is 15.3 Å². The van der Waals surface area contributed by atoms with Crippen LogP contribution in [0.3, 0.4) is 0 Å². The standard InChI is InChI=1S/C16H24N2/c1-17-16-10-13-18(14-11-16)12-6-5-9-15-7-3-2-4-8-15/h2-5,7-9,16-17H,6,10-14H2,1H3. The van der Waals surface area contributed by atoms with Crippen molar-refractivity contribution < 1.29 is 0 Å². The minimum atomic E-state index is 0.737. The SMILES string of the molecule is CNC1CCN(CCC=Cc2ccccc2)CC1. The molecule has 0 radical (unpaired) electrons. The van der Waals surface area contributed by atoms with E-state index < -0.39 is 0 Å². The average Bonchev–Trinajstić information content (AvgIpc) is 2.45. The molecule has 1 aromatic rings. The van der Waals surface area contributed by atoms with Crippen LogP contribution in [-0.2, 0) is 0 Å². The van der Waals surface area contributed by atoms with Crippen LogP contribution in [-0.4, -0.2) is 37.6 Å². The molecule has 18 heavy (non-hydrogen) atoms. The first-order valence-corrected chi connectivity index (χ1v) is 6.99. The summed E-state index contributed by atoms with van der Waals surface area (Å²) in [7, 11) is 2.07. The van der Waals surface area contributed by atoms with E-state index in [2.05, 4.69) is 59.7 Å². The van der Waals surface area contributed by atoms with Crippen LogP contribution in [0.4, 0.5) is 0 Å². The summed E-state index contributed by atoms with van der Waals surface area (Å²) < 4.78 is 0. The normalized spacial score (nSPS) is 18.5. The van der Waals surface area contributed by atoms with Gasteiger partial charge in [-0.2, -0.15) is 0 Å². The molecule has 0 bridgehead atoms. The van der Waals surface area contributed by atoms with Crippen molar-refractivity contribution in [1.82, 2.24) is 10.2 Å². The van der Waals surface area contributed by atoms with Gasteiger partial charge in [-0.3, -0.25) is 0 Å². The van der Waals surface area contributed by atoms with E-state index in [1.165, 1.54) is 38.0 Å². The zero-order chi connectivity index (χ0) is 12.6. The van der Waals surface area contributed by atoms with Crippen molar-refractivity contribution >= 4 is 6.08 Å². The number of likely N-dealkylation sites (tertiary alicyclic amines) is 1. The Morgan fingerprint density at radius 2 is 1.94 bits per heavy atom. The highest BCUT2D eigenvalue weighted by molar-refractivity contribution is 5.48. The summed E-state index contributed by atoms with van der Waals surface area (Å²) in [5, 5.41) is 3.37. The minimum Gasteiger partial charge on any atom is -0.317 e. The number of nitrogens with one attached hydrogen (secondary N) is 1. The van der Waals surface area contributed by atoms with E-state index >= 15 is 0 Å². The Morgan fingerprint density at radius 3 is 2.61 bits per heavy atom. The number of piperidine rings is 1. The fraction of sp³-hybridized carbons (Fsp3) is 0.500. The van der Waals surface area contributed by atoms with E-state index in [9.17, 15) is 0 Å². The molecule has 0 aromatic heterocycles. The molecule has 0 spiro atoms. The third kappa shape index (κ3) is 4.28. The van der Waals surface area contributed by atoms with Crippen molar-refractivity contribution in [2.75, 3.05) is 26.7 Å². The van der Waals surface area contributed by atoms with E-state index in [0.29, 0.717) is 0 Å². The van der Waals surface area contributed by atoms with E-state index in [0.717, 1.165) is 12.5 Å². The number of nitrogens with zero attached hydrogens (tertiary/aromatic N) is 1. The molecule has 1 fully saturated rings. The van der Waals surface area contributed by atoms with Crippen LogP contribution >= 0.6 is 0 Å². The van der Waals surface area contributed by atoms with Crippen molar-refractivity contribution in [3.63, 3.8) is 0 Å². The lowest BCUT2D eigenvalue weighted by atomic mass is 10.1. The predicted molar refractivity (Wildman–Crippen MR) is 78.6 cm³/mol. The van der Waals surface area contributed by atoms with E-state index in [1.54, 1.807) is 0 Å². The molecule has 2 heteroatoms. The van der Waals surface area contributed by atoms with Crippen LogP contribution in [0.15, 0.2) is 36.4 Å². The molecule has 1 aliphatic rings. The molecule has 1 heterocycles. The lowest BCUT2D eigenvalue weighted by Crippen LogP contribution is -2.41. The monoisotopic (exact) mass is 244 g/mol. The molecule has 0 amide bonds. The van der Waals surface area contributed by atoms with Crippen molar-refractivity contribution in [1.29, 1.82) is 0 Å². The van der Waals surface area contributed by atoms with Gasteiger partial charge in [-0.1, -0.05) is 42.5 Å². The summed E-state index contributed by atoms with van der Waals surface area (Å²) >= 11 is 0. The van der Waals surface area contributed by atoms with E-state index in [1.807, 2.05) is 0 Å². The second-order valence-electron chi connectivity index (χ2n) is 5.01. The molecule has 0 unspecified atom stereocenters. The lowest BCUT2D eigenvalue weighted by Gasteiger charge is -2.31. The number of hydrogen-bond acceptors (Lipinski definition) is 2. The maximum Gasteiger partial charge on any atom is 0.00884 e. The summed E-state index contributed by atoms with van der Waals surface area (Å²) in [4.78, 5) is 2.57. The summed E-state index contributed by atoms with van der Waals surface area (Å²) in [6.45, 7) is 3.68. The van der Waals surface area contributed by atoms with Crippen molar-refractivity contribution in [3.8, 4) is 0 Å². The van der Waals surface area contributed by atoms with E-state index in [-0.39, 0.29) is 0 Å². The maximum atomic E-state index is 3.37. The van der Waals surface area contributed by atoms with Gasteiger partial charge in [0.05, 0.1) is 0 Å². The van der Waals surface area contributed by atoms with Gasteiger partial charge in [-0.05, 0) is 45.0 Å². The summed E-state index contributed by atoms with van der Waals surface area (Å²) in [5.74, 6) is 0. The van der Waals surface area contributed by atoms with Crippen LogP contribution in [0.25, 0.3) is 6.08 Å². The largest absolute Gasteiger partial charge is 0.317 e. The Hall–Kier alpha value is -1.12. The summed E-state index contributed by atoms with van der Waals surface area (Å²) in [5.41, 5.74) is 1.30. The third-order valence-electron chi connectivity index (χ3n) is 3.72. The van der Waals surface area contributed by atoms with Crippen molar-refractivity contribution in [3.05, 3.63) is 42.0 Å². The molecule has 0 saturated carbocycles. The van der Waals surface area contributed by atoms with Gasteiger partial charge in [0, 0.05) is 12.6 Å². The fourth-order valence-corrected chi connectivity index (χ4v) is 2.49. The number of hydrogen-bond donors (Lipinski definition) is 1. The second-order valence-corrected chi connectivity index (χ2v) is 5.01. The van der Waals surface area contributed by atoms with Crippen LogP contribution < -0.4 is 5.32 Å². The zero-order valence-electron chi connectivity index (χ0n) is 11.3. The molecule has 1 N–H and O–H groups in total. The Kier molecular flexibility index (Phi) is 5.43. The maximum absolute atomic E-state index is 3.37. The fourth-order valence-electron chi connectivity index (χ4n) is 2.49. The average molecular weight is 244 g/mol. The van der Waals surface area contributed by atoms with Crippen molar-refractivity contribution in [2.24, 2.45) is 0 Å². The highest BCUT2D eigenvalue weighted by Gasteiger charge is 2.16. The van der Waals surface area contributed by atoms with Gasteiger partial charge in [-0.25, -0.2) is 0 Å². The van der Waals surface area contributed by atoms with Gasteiger partial charge in [0.25, 0.3) is 0 Å². The zero-order valence-corrected chi connectivity index (χ0v) is 11.3. The van der Waals surface area contributed by atoms with Gasteiger partial charge >= 0.3 is 0 Å². The molecule has 1 saturated heterocycles. The predicted octanol–water partition coefficient (Wildman–Crippen LogP) is 2.77. The first-order valence-electron chi connectivity index (χ1n) is 6.99. The van der Waals surface area contributed by atoms with Crippen LogP contribution in [0.5, 0.6) is 0 Å². The van der Waals surface area contributed by atoms with Crippen LogP contribution in [0, 0.1) is 0 Å². The highest BCUT2D eigenvalue weighted by atomic mass is 15.1. The molecule has 98 valence electrons. The summed E-state index contributed by atoms with van der Waals surface area (Å²) in [6, 6.07) is 11.3. The first kappa shape index (κ1) is 13.3. The minimum absolute atomic E-state index is 0.737. The lowest BCUT2D eigenvalue weighted by molar-refractivity contribution is 0.205. The molecular formula is C16H24N2. The Balaban J connectivity index is 1.66. The number of benzene rings is 1.